The van der Waals surface area contributed by atoms with E-state index in [2.05, 4.69) is 25.3 Å². The highest BCUT2D eigenvalue weighted by molar-refractivity contribution is 5.01. The molecule has 1 atom stereocenters. The van der Waals surface area contributed by atoms with Gasteiger partial charge in [-0.25, -0.2) is 0 Å². The molecule has 2 nitrogen and oxygen atoms in total. The van der Waals surface area contributed by atoms with Crippen molar-refractivity contribution in [1.29, 1.82) is 0 Å². The largest absolute Gasteiger partial charge is 0.379 e. The van der Waals surface area contributed by atoms with Gasteiger partial charge < -0.3 is 4.74 Å². The Bertz CT molecular complexity index is 161. The lowest BCUT2D eigenvalue weighted by molar-refractivity contribution is 0.0414. The molecule has 0 spiro atoms. The third kappa shape index (κ3) is 3.49. The standard InChI is InChI=1S/C11H21NO/c1-4-10(2)11(3)9-12-5-7-13-8-6-12/h10H,3-9H2,1-2H3. The van der Waals surface area contributed by atoms with E-state index in [0.717, 1.165) is 32.8 Å². The Hall–Kier alpha value is -0.340. The fourth-order valence-electron chi connectivity index (χ4n) is 1.49. The van der Waals surface area contributed by atoms with Gasteiger partial charge in [-0.3, -0.25) is 4.90 Å². The maximum atomic E-state index is 5.30. The quantitative estimate of drug-likeness (QED) is 0.617. The van der Waals surface area contributed by atoms with Gasteiger partial charge in [0.15, 0.2) is 0 Å². The minimum Gasteiger partial charge on any atom is -0.379 e. The van der Waals surface area contributed by atoms with Gasteiger partial charge in [-0.15, -0.1) is 0 Å². The molecule has 1 unspecified atom stereocenters. The molecule has 0 aromatic rings. The highest BCUT2D eigenvalue weighted by Gasteiger charge is 2.13. The third-order valence-corrected chi connectivity index (χ3v) is 2.84. The SMILES string of the molecule is C=C(CN1CCOCC1)C(C)CC. The van der Waals surface area contributed by atoms with Crippen LogP contribution in [0.5, 0.6) is 0 Å². The van der Waals surface area contributed by atoms with Crippen LogP contribution in [0.3, 0.4) is 0 Å². The second-order valence-electron chi connectivity index (χ2n) is 3.86. The van der Waals surface area contributed by atoms with Gasteiger partial charge >= 0.3 is 0 Å². The van der Waals surface area contributed by atoms with Crippen LogP contribution >= 0.6 is 0 Å². The number of morpholine rings is 1. The predicted molar refractivity (Wildman–Crippen MR) is 55.9 cm³/mol. The summed E-state index contributed by atoms with van der Waals surface area (Å²) in [7, 11) is 0. The number of rotatable bonds is 4. The molecule has 13 heavy (non-hydrogen) atoms. The summed E-state index contributed by atoms with van der Waals surface area (Å²) < 4.78 is 5.30. The molecule has 76 valence electrons. The summed E-state index contributed by atoms with van der Waals surface area (Å²) in [6.07, 6.45) is 1.20. The van der Waals surface area contributed by atoms with Crippen molar-refractivity contribution >= 4 is 0 Å². The van der Waals surface area contributed by atoms with Crippen LogP contribution in [-0.4, -0.2) is 37.7 Å². The molecule has 1 fully saturated rings. The lowest BCUT2D eigenvalue weighted by Crippen LogP contribution is -2.37. The van der Waals surface area contributed by atoms with Gasteiger partial charge in [0.25, 0.3) is 0 Å². The van der Waals surface area contributed by atoms with E-state index in [1.54, 1.807) is 0 Å². The minimum atomic E-state index is 0.655. The summed E-state index contributed by atoms with van der Waals surface area (Å²) in [5.41, 5.74) is 1.37. The van der Waals surface area contributed by atoms with E-state index in [1.807, 2.05) is 0 Å². The first kappa shape index (κ1) is 10.7. The van der Waals surface area contributed by atoms with Crippen LogP contribution in [0.2, 0.25) is 0 Å². The molecule has 1 aliphatic heterocycles. The number of ether oxygens (including phenoxy) is 1. The molecule has 0 saturated carbocycles. The highest BCUT2D eigenvalue weighted by Crippen LogP contribution is 2.13. The molecule has 0 radical (unpaired) electrons. The zero-order valence-electron chi connectivity index (χ0n) is 8.88. The summed E-state index contributed by atoms with van der Waals surface area (Å²) in [6.45, 7) is 13.6. The topological polar surface area (TPSA) is 12.5 Å². The zero-order valence-corrected chi connectivity index (χ0v) is 8.88. The van der Waals surface area contributed by atoms with Crippen LogP contribution in [0.1, 0.15) is 20.3 Å². The molecule has 0 aromatic carbocycles. The van der Waals surface area contributed by atoms with E-state index in [1.165, 1.54) is 12.0 Å². The molecule has 1 rings (SSSR count). The Kier molecular flexibility index (Phi) is 4.46. The van der Waals surface area contributed by atoms with Crippen molar-refractivity contribution in [1.82, 2.24) is 4.90 Å². The lowest BCUT2D eigenvalue weighted by Gasteiger charge is -2.28. The van der Waals surface area contributed by atoms with Gasteiger partial charge in [-0.2, -0.15) is 0 Å². The maximum absolute atomic E-state index is 5.30. The fourth-order valence-corrected chi connectivity index (χ4v) is 1.49. The first-order chi connectivity index (χ1) is 6.24. The van der Waals surface area contributed by atoms with Gasteiger partial charge in [0.1, 0.15) is 0 Å². The molecule has 2 heteroatoms. The van der Waals surface area contributed by atoms with Crippen molar-refractivity contribution < 1.29 is 4.74 Å². The number of nitrogens with zero attached hydrogens (tertiary/aromatic N) is 1. The number of hydrogen-bond acceptors (Lipinski definition) is 2. The van der Waals surface area contributed by atoms with Gasteiger partial charge in [-0.1, -0.05) is 26.0 Å². The average Bonchev–Trinajstić information content (AvgIpc) is 2.18. The van der Waals surface area contributed by atoms with Gasteiger partial charge in [0.05, 0.1) is 13.2 Å². The van der Waals surface area contributed by atoms with Crippen LogP contribution in [0.25, 0.3) is 0 Å². The molecular formula is C11H21NO. The first-order valence-electron chi connectivity index (χ1n) is 5.21. The Balaban J connectivity index is 2.26. The Morgan fingerprint density at radius 2 is 2.08 bits per heavy atom. The monoisotopic (exact) mass is 183 g/mol. The van der Waals surface area contributed by atoms with Crippen molar-refractivity contribution in [3.05, 3.63) is 12.2 Å². The first-order valence-corrected chi connectivity index (χ1v) is 5.21. The molecule has 0 N–H and O–H groups in total. The van der Waals surface area contributed by atoms with Crippen LogP contribution in [0, 0.1) is 5.92 Å². The number of hydrogen-bond donors (Lipinski definition) is 0. The van der Waals surface area contributed by atoms with Gasteiger partial charge in [0.2, 0.25) is 0 Å². The van der Waals surface area contributed by atoms with E-state index in [4.69, 9.17) is 4.74 Å². The van der Waals surface area contributed by atoms with Crippen LogP contribution in [0.15, 0.2) is 12.2 Å². The van der Waals surface area contributed by atoms with Crippen molar-refractivity contribution in [3.63, 3.8) is 0 Å². The molecule has 0 aromatic heterocycles. The average molecular weight is 183 g/mol. The van der Waals surface area contributed by atoms with E-state index < -0.39 is 0 Å². The lowest BCUT2D eigenvalue weighted by atomic mass is 9.99. The van der Waals surface area contributed by atoms with E-state index in [0.29, 0.717) is 5.92 Å². The molecule has 0 bridgehead atoms. The smallest absolute Gasteiger partial charge is 0.0594 e. The fraction of sp³-hybridized carbons (Fsp3) is 0.818. The normalized spacial score (nSPS) is 21.4. The molecule has 1 aliphatic rings. The maximum Gasteiger partial charge on any atom is 0.0594 e. The van der Waals surface area contributed by atoms with E-state index in [-0.39, 0.29) is 0 Å². The van der Waals surface area contributed by atoms with Crippen molar-refractivity contribution in [2.75, 3.05) is 32.8 Å². The predicted octanol–water partition coefficient (Wildman–Crippen LogP) is 1.92. The molecule has 0 aliphatic carbocycles. The third-order valence-electron chi connectivity index (χ3n) is 2.84. The Morgan fingerprint density at radius 3 is 2.62 bits per heavy atom. The second-order valence-corrected chi connectivity index (χ2v) is 3.86. The zero-order chi connectivity index (χ0) is 9.68. The van der Waals surface area contributed by atoms with Crippen LogP contribution < -0.4 is 0 Å². The van der Waals surface area contributed by atoms with Crippen molar-refractivity contribution in [2.45, 2.75) is 20.3 Å². The molecule has 1 heterocycles. The molecule has 1 saturated heterocycles. The Labute approximate surface area is 81.6 Å². The minimum absolute atomic E-state index is 0.655. The summed E-state index contributed by atoms with van der Waals surface area (Å²) in [6, 6.07) is 0. The Morgan fingerprint density at radius 1 is 1.46 bits per heavy atom. The summed E-state index contributed by atoms with van der Waals surface area (Å²) in [5, 5.41) is 0. The second kappa shape index (κ2) is 5.40. The summed E-state index contributed by atoms with van der Waals surface area (Å²) >= 11 is 0. The van der Waals surface area contributed by atoms with E-state index >= 15 is 0 Å². The highest BCUT2D eigenvalue weighted by atomic mass is 16.5. The molecule has 0 amide bonds. The summed E-state index contributed by atoms with van der Waals surface area (Å²) in [5.74, 6) is 0.655. The van der Waals surface area contributed by atoms with Crippen LogP contribution in [0.4, 0.5) is 0 Å². The van der Waals surface area contributed by atoms with E-state index in [9.17, 15) is 0 Å². The van der Waals surface area contributed by atoms with Crippen molar-refractivity contribution in [3.8, 4) is 0 Å². The van der Waals surface area contributed by atoms with Crippen LogP contribution in [-0.2, 0) is 4.74 Å². The molecular weight excluding hydrogens is 162 g/mol. The van der Waals surface area contributed by atoms with Gasteiger partial charge in [-0.05, 0) is 12.3 Å². The van der Waals surface area contributed by atoms with Crippen molar-refractivity contribution in [2.24, 2.45) is 5.92 Å². The van der Waals surface area contributed by atoms with Gasteiger partial charge in [0, 0.05) is 19.6 Å². The summed E-state index contributed by atoms with van der Waals surface area (Å²) in [4.78, 5) is 2.43.